The number of fused-ring (bicyclic) bond motifs is 3. The normalized spacial score (nSPS) is 29.7. The van der Waals surface area contributed by atoms with E-state index in [-0.39, 0.29) is 29.6 Å². The predicted molar refractivity (Wildman–Crippen MR) is 107 cm³/mol. The van der Waals surface area contributed by atoms with Crippen molar-refractivity contribution in [1.29, 1.82) is 0 Å². The van der Waals surface area contributed by atoms with Crippen LogP contribution in [-0.2, 0) is 11.2 Å². The minimum absolute atomic E-state index is 0.00510. The fourth-order valence-corrected chi connectivity index (χ4v) is 5.29. The van der Waals surface area contributed by atoms with E-state index < -0.39 is 5.72 Å². The van der Waals surface area contributed by atoms with Crippen LogP contribution in [0.5, 0.6) is 5.75 Å². The maximum atomic E-state index is 12.9. The van der Waals surface area contributed by atoms with Crippen molar-refractivity contribution in [2.75, 3.05) is 6.54 Å². The number of benzene rings is 1. The number of pyridine rings is 1. The van der Waals surface area contributed by atoms with Crippen LogP contribution in [-0.4, -0.2) is 29.1 Å². The summed E-state index contributed by atoms with van der Waals surface area (Å²) in [5.74, 6) is 1.09. The molecule has 0 unspecified atom stereocenters. The Labute approximate surface area is 170 Å². The smallest absolute Gasteiger partial charge is 0.258 e. The average molecular weight is 391 g/mol. The number of ether oxygens (including phenoxy) is 1. The Kier molecular flexibility index (Phi) is 4.49. The molecule has 29 heavy (non-hydrogen) atoms. The lowest BCUT2D eigenvalue weighted by Gasteiger charge is -2.55. The van der Waals surface area contributed by atoms with Crippen molar-refractivity contribution in [2.24, 2.45) is 17.8 Å². The summed E-state index contributed by atoms with van der Waals surface area (Å²) in [6.07, 6.45) is 7.79. The first-order chi connectivity index (χ1) is 14.1. The van der Waals surface area contributed by atoms with Gasteiger partial charge in [0, 0.05) is 37.2 Å². The van der Waals surface area contributed by atoms with Crippen LogP contribution in [0.25, 0.3) is 0 Å². The van der Waals surface area contributed by atoms with Gasteiger partial charge in [0.25, 0.3) is 5.91 Å². The molecule has 3 fully saturated rings. The predicted octanol–water partition coefficient (Wildman–Crippen LogP) is 2.70. The van der Waals surface area contributed by atoms with Crippen LogP contribution in [0.3, 0.4) is 0 Å². The topological polar surface area (TPSA) is 80.3 Å². The van der Waals surface area contributed by atoms with Gasteiger partial charge in [0.15, 0.2) is 5.72 Å². The van der Waals surface area contributed by atoms with Crippen LogP contribution in [0.2, 0.25) is 0 Å². The summed E-state index contributed by atoms with van der Waals surface area (Å²) in [5.41, 5.74) is 1.09. The highest BCUT2D eigenvalue weighted by Gasteiger charge is 2.57. The first kappa shape index (κ1) is 18.2. The molecular weight excluding hydrogens is 366 g/mol. The number of carbonyl (C=O) groups is 2. The zero-order valence-corrected chi connectivity index (χ0v) is 16.3. The molecule has 150 valence electrons. The van der Waals surface area contributed by atoms with E-state index in [4.69, 9.17) is 4.74 Å². The largest absolute Gasteiger partial charge is 0.467 e. The van der Waals surface area contributed by atoms with Gasteiger partial charge in [-0.1, -0.05) is 12.1 Å². The highest BCUT2D eigenvalue weighted by atomic mass is 16.5. The molecule has 4 atom stereocenters. The van der Waals surface area contributed by atoms with E-state index in [1.165, 1.54) is 5.56 Å². The molecule has 3 aliphatic carbocycles. The SMILES string of the molecule is O=C1N[C@]2(C[C@H]3CC[C@@H]2C[C@@H]3C(=O)NCCc2ccncc2)Oc2ccccc21. The molecule has 6 nitrogen and oxygen atoms in total. The molecule has 2 heterocycles. The summed E-state index contributed by atoms with van der Waals surface area (Å²) in [5, 5.41) is 6.26. The van der Waals surface area contributed by atoms with Crippen LogP contribution in [0.15, 0.2) is 48.8 Å². The van der Waals surface area contributed by atoms with Gasteiger partial charge >= 0.3 is 0 Å². The molecule has 3 saturated carbocycles. The van der Waals surface area contributed by atoms with Gasteiger partial charge in [-0.3, -0.25) is 14.6 Å². The Balaban J connectivity index is 1.25. The lowest BCUT2D eigenvalue weighted by atomic mass is 9.60. The number of carbonyl (C=O) groups excluding carboxylic acids is 2. The molecule has 6 heteroatoms. The third kappa shape index (κ3) is 3.26. The summed E-state index contributed by atoms with van der Waals surface area (Å²) in [6, 6.07) is 11.3. The van der Waals surface area contributed by atoms with Crippen molar-refractivity contribution >= 4 is 11.8 Å². The monoisotopic (exact) mass is 391 g/mol. The van der Waals surface area contributed by atoms with Crippen molar-refractivity contribution in [2.45, 2.75) is 37.8 Å². The highest BCUT2D eigenvalue weighted by molar-refractivity contribution is 5.98. The standard InChI is InChI=1S/C23H25N3O3/c27-21(25-12-9-15-7-10-24-11-8-15)19-13-17-6-5-16(19)14-23(17)26-22(28)18-3-1-2-4-20(18)29-23/h1-4,7-8,10-11,16-17,19H,5-6,9,12-14H2,(H,25,27)(H,26,28)/t16-,17-,19+,23-/m1/s1. The number of nitrogens with zero attached hydrogens (tertiary/aromatic N) is 1. The zero-order valence-electron chi connectivity index (χ0n) is 16.3. The van der Waals surface area contributed by atoms with Crippen molar-refractivity contribution in [3.05, 3.63) is 59.9 Å². The van der Waals surface area contributed by atoms with Crippen molar-refractivity contribution in [3.63, 3.8) is 0 Å². The van der Waals surface area contributed by atoms with Gasteiger partial charge in [0.1, 0.15) is 5.75 Å². The van der Waals surface area contributed by atoms with Crippen molar-refractivity contribution < 1.29 is 14.3 Å². The number of hydrogen-bond donors (Lipinski definition) is 2. The summed E-state index contributed by atoms with van der Waals surface area (Å²) in [4.78, 5) is 29.5. The fourth-order valence-electron chi connectivity index (χ4n) is 5.29. The Hall–Kier alpha value is -2.89. The summed E-state index contributed by atoms with van der Waals surface area (Å²) >= 11 is 0. The molecule has 2 amide bonds. The number of nitrogens with one attached hydrogen (secondary N) is 2. The van der Waals surface area contributed by atoms with Crippen LogP contribution in [0, 0.1) is 17.8 Å². The highest BCUT2D eigenvalue weighted by Crippen LogP contribution is 2.52. The minimum atomic E-state index is -0.665. The van der Waals surface area contributed by atoms with E-state index in [1.807, 2.05) is 30.3 Å². The van der Waals surface area contributed by atoms with Gasteiger partial charge in [-0.25, -0.2) is 0 Å². The zero-order chi connectivity index (χ0) is 19.8. The molecular formula is C23H25N3O3. The van der Waals surface area contributed by atoms with Crippen LogP contribution >= 0.6 is 0 Å². The van der Waals surface area contributed by atoms with Crippen LogP contribution in [0.4, 0.5) is 0 Å². The van der Waals surface area contributed by atoms with E-state index >= 15 is 0 Å². The van der Waals surface area contributed by atoms with E-state index in [2.05, 4.69) is 15.6 Å². The molecule has 1 aromatic carbocycles. The van der Waals surface area contributed by atoms with Gasteiger partial charge in [0.2, 0.25) is 5.91 Å². The van der Waals surface area contributed by atoms with Crippen LogP contribution in [0.1, 0.15) is 41.6 Å². The molecule has 0 radical (unpaired) electrons. The molecule has 0 saturated heterocycles. The quantitative estimate of drug-likeness (QED) is 0.840. The molecule has 2 bridgehead atoms. The third-order valence-corrected chi connectivity index (χ3v) is 6.77. The molecule has 2 aromatic rings. The number of para-hydroxylation sites is 1. The molecule has 6 rings (SSSR count). The minimum Gasteiger partial charge on any atom is -0.467 e. The first-order valence-corrected chi connectivity index (χ1v) is 10.4. The lowest BCUT2D eigenvalue weighted by Crippen LogP contribution is -2.66. The Morgan fingerprint density at radius 2 is 2.03 bits per heavy atom. The Morgan fingerprint density at radius 1 is 1.21 bits per heavy atom. The molecule has 1 aromatic heterocycles. The average Bonchev–Trinajstić information content (AvgIpc) is 2.75. The van der Waals surface area contributed by atoms with Gasteiger partial charge in [0.05, 0.1) is 5.56 Å². The van der Waals surface area contributed by atoms with Gasteiger partial charge in [-0.15, -0.1) is 0 Å². The van der Waals surface area contributed by atoms with Crippen molar-refractivity contribution in [3.8, 4) is 5.75 Å². The fraction of sp³-hybridized carbons (Fsp3) is 0.435. The number of hydrogen-bond acceptors (Lipinski definition) is 4. The number of aromatic nitrogens is 1. The third-order valence-electron chi connectivity index (χ3n) is 6.77. The van der Waals surface area contributed by atoms with E-state index in [9.17, 15) is 9.59 Å². The number of rotatable bonds is 4. The summed E-state index contributed by atoms with van der Waals surface area (Å²) in [7, 11) is 0. The second kappa shape index (κ2) is 7.17. The van der Waals surface area contributed by atoms with Gasteiger partial charge in [-0.2, -0.15) is 0 Å². The Bertz CT molecular complexity index is 932. The summed E-state index contributed by atoms with van der Waals surface area (Å²) < 4.78 is 6.36. The summed E-state index contributed by atoms with van der Waals surface area (Å²) in [6.45, 7) is 0.627. The second-order valence-electron chi connectivity index (χ2n) is 8.42. The second-order valence-corrected chi connectivity index (χ2v) is 8.42. The first-order valence-electron chi connectivity index (χ1n) is 10.4. The maximum Gasteiger partial charge on any atom is 0.258 e. The molecule has 4 aliphatic rings. The number of amides is 2. The molecule has 1 spiro atoms. The van der Waals surface area contributed by atoms with Crippen molar-refractivity contribution in [1.82, 2.24) is 15.6 Å². The lowest BCUT2D eigenvalue weighted by molar-refractivity contribution is -0.146. The van der Waals surface area contributed by atoms with E-state index in [1.54, 1.807) is 18.5 Å². The molecule has 1 aliphatic heterocycles. The van der Waals surface area contributed by atoms with Crippen LogP contribution < -0.4 is 15.4 Å². The molecule has 2 N–H and O–H groups in total. The van der Waals surface area contributed by atoms with E-state index in [0.29, 0.717) is 24.3 Å². The van der Waals surface area contributed by atoms with E-state index in [0.717, 1.165) is 25.7 Å². The van der Waals surface area contributed by atoms with Gasteiger partial charge in [-0.05, 0) is 61.4 Å². The Morgan fingerprint density at radius 3 is 2.83 bits per heavy atom. The van der Waals surface area contributed by atoms with Gasteiger partial charge < -0.3 is 15.4 Å². The maximum absolute atomic E-state index is 12.9.